The Bertz CT molecular complexity index is 2480. The van der Waals surface area contributed by atoms with Crippen molar-refractivity contribution in [2.45, 2.75) is 196 Å². The number of hydrogen-bond donors (Lipinski definition) is 8. The molecule has 0 spiro atoms. The van der Waals surface area contributed by atoms with Gasteiger partial charge in [-0.15, -0.1) is 0 Å². The molecule has 0 radical (unpaired) electrons. The van der Waals surface area contributed by atoms with E-state index in [9.17, 15) is 38.4 Å². The topological polar surface area (TPSA) is 239 Å². The van der Waals surface area contributed by atoms with Crippen molar-refractivity contribution in [1.29, 1.82) is 0 Å². The smallest absolute Gasteiger partial charge is 0.250 e. The molecule has 18 heteroatoms. The Balaban J connectivity index is 0.947. The number of carbonyl (C=O) groups excluding carboxylic acids is 8. The average Bonchev–Trinajstić information content (AvgIpc) is 4.07. The van der Waals surface area contributed by atoms with E-state index in [1.165, 1.54) is 16.0 Å². The molecule has 3 fully saturated rings. The highest BCUT2D eigenvalue weighted by Crippen LogP contribution is 2.34. The number of rotatable bonds is 19. The number of likely N-dealkylation sites (tertiary alicyclic amines) is 2. The predicted molar refractivity (Wildman–Crippen MR) is 288 cm³/mol. The van der Waals surface area contributed by atoms with Crippen molar-refractivity contribution in [3.63, 3.8) is 0 Å². The van der Waals surface area contributed by atoms with Crippen LogP contribution >= 0.6 is 0 Å². The Morgan fingerprint density at radius 2 is 1.05 bits per heavy atom. The first kappa shape index (κ1) is 56.1. The lowest BCUT2D eigenvalue weighted by Gasteiger charge is -2.35. The van der Waals surface area contributed by atoms with E-state index < -0.39 is 66.1 Å². The zero-order chi connectivity index (χ0) is 53.9. The molecule has 0 aromatic heterocycles. The fourth-order valence-electron chi connectivity index (χ4n) is 12.5. The Morgan fingerprint density at radius 3 is 1.55 bits per heavy atom. The van der Waals surface area contributed by atoms with Crippen LogP contribution in [-0.4, -0.2) is 133 Å². The number of amides is 8. The van der Waals surface area contributed by atoms with Crippen LogP contribution in [0.1, 0.15) is 157 Å². The van der Waals surface area contributed by atoms with Gasteiger partial charge in [0.05, 0.1) is 24.2 Å². The van der Waals surface area contributed by atoms with Gasteiger partial charge in [0.15, 0.2) is 0 Å². The average molecular weight is 1050 g/mol. The maximum Gasteiger partial charge on any atom is 0.250 e. The van der Waals surface area contributed by atoms with E-state index >= 15 is 0 Å². The molecule has 8 N–H and O–H groups in total. The number of carbonyl (C=O) groups is 8. The highest BCUT2D eigenvalue weighted by Gasteiger charge is 2.47. The largest absolute Gasteiger partial charge is 0.351 e. The Hall–Kier alpha value is -6.14. The molecular formula is C58H82N10O8. The van der Waals surface area contributed by atoms with Gasteiger partial charge in [0, 0.05) is 38.0 Å². The van der Waals surface area contributed by atoms with Crippen LogP contribution in [0.5, 0.6) is 0 Å². The third kappa shape index (κ3) is 13.7. The van der Waals surface area contributed by atoms with E-state index in [1.54, 1.807) is 32.8 Å². The lowest BCUT2D eigenvalue weighted by molar-refractivity contribution is -0.143. The summed E-state index contributed by atoms with van der Waals surface area (Å²) in [6.07, 6.45) is 14.7. The first-order chi connectivity index (χ1) is 36.7. The second-order valence-electron chi connectivity index (χ2n) is 22.2. The van der Waals surface area contributed by atoms with E-state index in [0.29, 0.717) is 6.42 Å². The second kappa shape index (κ2) is 26.3. The van der Waals surface area contributed by atoms with Gasteiger partial charge >= 0.3 is 0 Å². The molecule has 6 aliphatic rings. The number of nitrogens with one attached hydrogen (secondary N) is 8. The Morgan fingerprint density at radius 1 is 0.553 bits per heavy atom. The molecule has 4 aliphatic carbocycles. The van der Waals surface area contributed by atoms with Crippen LogP contribution in [0.4, 0.5) is 0 Å². The fraction of sp³-hybridized carbons (Fsp3) is 0.621. The molecule has 1 saturated carbocycles. The van der Waals surface area contributed by atoms with Gasteiger partial charge in [-0.1, -0.05) is 73.9 Å². The maximum atomic E-state index is 14.9. The van der Waals surface area contributed by atoms with E-state index in [0.717, 1.165) is 107 Å². The molecule has 8 amide bonds. The lowest BCUT2D eigenvalue weighted by Crippen LogP contribution is -2.58. The summed E-state index contributed by atoms with van der Waals surface area (Å²) in [4.78, 5) is 116. The minimum absolute atomic E-state index is 0.0232. The zero-order valence-corrected chi connectivity index (χ0v) is 45.1. The summed E-state index contributed by atoms with van der Waals surface area (Å²) in [6, 6.07) is 9.59. The van der Waals surface area contributed by atoms with Crippen molar-refractivity contribution >= 4 is 47.3 Å². The molecule has 10 atom stereocenters. The Labute approximate surface area is 448 Å². The highest BCUT2D eigenvalue weighted by molar-refractivity contribution is 5.96. The van der Waals surface area contributed by atoms with Crippen LogP contribution < -0.4 is 42.5 Å². The molecular weight excluding hydrogens is 965 g/mol. The number of nitrogens with zero attached hydrogens (tertiary/aromatic N) is 2. The molecule has 2 aromatic carbocycles. The monoisotopic (exact) mass is 1050 g/mol. The van der Waals surface area contributed by atoms with Gasteiger partial charge in [0.2, 0.25) is 47.3 Å². The van der Waals surface area contributed by atoms with E-state index in [2.05, 4.69) is 54.7 Å². The third-order valence-corrected chi connectivity index (χ3v) is 17.0. The van der Waals surface area contributed by atoms with Crippen molar-refractivity contribution in [1.82, 2.24) is 52.3 Å². The summed E-state index contributed by atoms with van der Waals surface area (Å²) in [5, 5.41) is 24.4. The van der Waals surface area contributed by atoms with Gasteiger partial charge in [-0.3, -0.25) is 38.4 Å². The van der Waals surface area contributed by atoms with Gasteiger partial charge in [0.1, 0.15) is 24.2 Å². The normalized spacial score (nSPS) is 25.0. The minimum Gasteiger partial charge on any atom is -0.351 e. The predicted octanol–water partition coefficient (Wildman–Crippen LogP) is 3.59. The van der Waals surface area contributed by atoms with Crippen molar-refractivity contribution in [2.24, 2.45) is 5.92 Å². The van der Waals surface area contributed by atoms with Crippen LogP contribution in [0.15, 0.2) is 60.2 Å². The number of allylic oxidation sites excluding steroid dienone is 1. The van der Waals surface area contributed by atoms with Crippen molar-refractivity contribution in [3.8, 4) is 0 Å². The van der Waals surface area contributed by atoms with Crippen LogP contribution in [-0.2, 0) is 51.2 Å². The summed E-state index contributed by atoms with van der Waals surface area (Å²) in [6.45, 7) is 3.52. The van der Waals surface area contributed by atoms with Gasteiger partial charge in [-0.05, 0) is 152 Å². The molecule has 18 nitrogen and oxygen atoms in total. The number of benzene rings is 2. The summed E-state index contributed by atoms with van der Waals surface area (Å²) in [7, 11) is 3.36. The number of hydrogen-bond acceptors (Lipinski definition) is 10. The highest BCUT2D eigenvalue weighted by atomic mass is 16.2. The maximum absolute atomic E-state index is 14.9. The molecule has 0 unspecified atom stereocenters. The molecule has 76 heavy (non-hydrogen) atoms. The van der Waals surface area contributed by atoms with Gasteiger partial charge < -0.3 is 52.3 Å². The molecule has 2 heterocycles. The van der Waals surface area contributed by atoms with E-state index in [4.69, 9.17) is 0 Å². The van der Waals surface area contributed by atoms with E-state index in [1.807, 2.05) is 42.5 Å². The summed E-state index contributed by atoms with van der Waals surface area (Å²) in [5.74, 6) is -3.04. The quantitative estimate of drug-likeness (QED) is 0.0952. The lowest BCUT2D eigenvalue weighted by atomic mass is 9.83. The molecule has 412 valence electrons. The van der Waals surface area contributed by atoms with Crippen molar-refractivity contribution in [2.75, 3.05) is 27.2 Å². The van der Waals surface area contributed by atoms with E-state index in [-0.39, 0.29) is 86.3 Å². The van der Waals surface area contributed by atoms with Gasteiger partial charge in [-0.25, -0.2) is 0 Å². The summed E-state index contributed by atoms with van der Waals surface area (Å²) >= 11 is 0. The second-order valence-corrected chi connectivity index (χ2v) is 22.2. The van der Waals surface area contributed by atoms with Crippen LogP contribution in [0.2, 0.25) is 0 Å². The van der Waals surface area contributed by atoms with Crippen LogP contribution in [0.3, 0.4) is 0 Å². The summed E-state index contributed by atoms with van der Waals surface area (Å²) < 4.78 is 0. The SMILES string of the molecule is CN[C@@H](C)C(=O)N[C@H](C(=O)N1C[C@@H](NC(=O)CCC(=O)N[C@H]2C[C@@H](C(=O)N[C@@H]3CCCc4ccccc43)N(C(=O)[C@@H](NC(=O)[C@H](C)NC)C3CCCCC3)C2)C[C@H]1C(=O)N[C@@H]1CCCc2ccccc21)C1=CCCCC1. The van der Waals surface area contributed by atoms with Gasteiger partial charge in [-0.2, -0.15) is 0 Å². The van der Waals surface area contributed by atoms with Crippen molar-refractivity contribution in [3.05, 3.63) is 82.4 Å². The first-order valence-corrected chi connectivity index (χ1v) is 28.3. The first-order valence-electron chi connectivity index (χ1n) is 28.3. The molecule has 2 aromatic rings. The van der Waals surface area contributed by atoms with Crippen LogP contribution in [0, 0.1) is 5.92 Å². The molecule has 8 rings (SSSR count). The fourth-order valence-corrected chi connectivity index (χ4v) is 12.5. The summed E-state index contributed by atoms with van der Waals surface area (Å²) in [5.41, 5.74) is 5.26. The number of likely N-dealkylation sites (N-methyl/N-ethyl adjacent to an activating group) is 2. The number of fused-ring (bicyclic) bond motifs is 2. The molecule has 2 saturated heterocycles. The standard InChI is InChI=1S/C58H82N10O8/c1-35(59-3)53(71)65-51(39-19-7-5-8-20-39)57(75)67-33-41(31-47(67)55(73)63-45-27-15-23-37-17-11-13-25-43(37)45)61-49(69)29-30-50(70)62-42-32-48(56(74)64-46-28-16-24-38-18-12-14-26-44(38)46)68(34-42)58(76)52(40-21-9-6-10-22-40)66-54(72)36(2)60-4/h11-14,17-19,25-26,35-36,40-42,45-48,51-52,59-60H,5-10,15-16,20-24,27-34H2,1-4H3,(H,61,69)(H,62,70)(H,63,73)(H,64,74)(H,65,71)(H,66,72)/t35-,36-,41-,42-,45+,46+,47-,48-,51-,52-/m0/s1. The number of aryl methyl sites for hydroxylation is 2. The van der Waals surface area contributed by atoms with Crippen LogP contribution in [0.25, 0.3) is 0 Å². The van der Waals surface area contributed by atoms with Crippen molar-refractivity contribution < 1.29 is 38.4 Å². The third-order valence-electron chi connectivity index (χ3n) is 17.0. The molecule has 0 bridgehead atoms. The Kier molecular flexibility index (Phi) is 19.4. The minimum atomic E-state index is -0.983. The molecule has 2 aliphatic heterocycles. The zero-order valence-electron chi connectivity index (χ0n) is 45.1. The van der Waals surface area contributed by atoms with Gasteiger partial charge in [0.25, 0.3) is 0 Å².